The van der Waals surface area contributed by atoms with Crippen molar-refractivity contribution in [2.45, 2.75) is 25.8 Å². The van der Waals surface area contributed by atoms with Crippen LogP contribution in [0.4, 0.5) is 5.69 Å². The molecule has 0 radical (unpaired) electrons. The molecule has 148 valence electrons. The van der Waals surface area contributed by atoms with Crippen molar-refractivity contribution < 1.29 is 19.1 Å². The van der Waals surface area contributed by atoms with Crippen LogP contribution in [0.15, 0.2) is 48.5 Å². The number of carbonyl (C=O) groups is 2. The molecule has 0 bridgehead atoms. The van der Waals surface area contributed by atoms with E-state index in [1.165, 1.54) is 0 Å². The number of nitrogens with one attached hydrogen (secondary N) is 1. The third kappa shape index (κ3) is 4.11. The van der Waals surface area contributed by atoms with Crippen molar-refractivity contribution in [3.05, 3.63) is 54.1 Å². The summed E-state index contributed by atoms with van der Waals surface area (Å²) < 4.78 is 10.5. The number of hydrogen-bond acceptors (Lipinski definition) is 4. The molecule has 28 heavy (non-hydrogen) atoms. The van der Waals surface area contributed by atoms with Gasteiger partial charge in [0.2, 0.25) is 11.8 Å². The lowest BCUT2D eigenvalue weighted by Crippen LogP contribution is -2.35. The molecule has 6 nitrogen and oxygen atoms in total. The predicted molar refractivity (Wildman–Crippen MR) is 108 cm³/mol. The monoisotopic (exact) mass is 382 g/mol. The minimum atomic E-state index is -0.385. The summed E-state index contributed by atoms with van der Waals surface area (Å²) in [5.74, 6) is 0.848. The fourth-order valence-corrected chi connectivity index (χ4v) is 3.52. The highest BCUT2D eigenvalue weighted by molar-refractivity contribution is 6.01. The smallest absolute Gasteiger partial charge is 0.227 e. The van der Waals surface area contributed by atoms with Crippen LogP contribution in [-0.4, -0.2) is 32.6 Å². The third-order valence-corrected chi connectivity index (χ3v) is 5.11. The highest BCUT2D eigenvalue weighted by Crippen LogP contribution is 2.33. The molecule has 0 aromatic heterocycles. The van der Waals surface area contributed by atoms with Crippen LogP contribution in [0.3, 0.4) is 0 Å². The number of para-hydroxylation sites is 2. The Morgan fingerprint density at radius 1 is 1.14 bits per heavy atom. The van der Waals surface area contributed by atoms with Crippen LogP contribution in [0.5, 0.6) is 11.5 Å². The maximum absolute atomic E-state index is 12.8. The maximum Gasteiger partial charge on any atom is 0.227 e. The number of rotatable bonds is 7. The summed E-state index contributed by atoms with van der Waals surface area (Å²) in [4.78, 5) is 27.0. The average molecular weight is 382 g/mol. The first kappa shape index (κ1) is 19.7. The number of nitrogens with zero attached hydrogens (tertiary/aromatic N) is 1. The number of ether oxygens (including phenoxy) is 2. The molecule has 1 saturated heterocycles. The molecule has 2 aromatic carbocycles. The Labute approximate surface area is 165 Å². The van der Waals surface area contributed by atoms with E-state index in [-0.39, 0.29) is 30.2 Å². The van der Waals surface area contributed by atoms with Crippen LogP contribution in [-0.2, 0) is 9.59 Å². The molecule has 1 N–H and O–H groups in total. The summed E-state index contributed by atoms with van der Waals surface area (Å²) in [5, 5.41) is 3.09. The van der Waals surface area contributed by atoms with E-state index in [1.807, 2.05) is 55.5 Å². The van der Waals surface area contributed by atoms with Crippen LogP contribution in [0.25, 0.3) is 0 Å². The van der Waals surface area contributed by atoms with E-state index in [1.54, 1.807) is 19.1 Å². The van der Waals surface area contributed by atoms with E-state index in [4.69, 9.17) is 9.47 Å². The first-order chi connectivity index (χ1) is 13.6. The lowest BCUT2D eigenvalue weighted by atomic mass is 10.0. The van der Waals surface area contributed by atoms with Gasteiger partial charge >= 0.3 is 0 Å². The van der Waals surface area contributed by atoms with Gasteiger partial charge in [0.25, 0.3) is 0 Å². The first-order valence-electron chi connectivity index (χ1n) is 9.45. The molecule has 1 aliphatic heterocycles. The molecule has 1 heterocycles. The number of carbonyl (C=O) groups excluding carboxylic acids is 2. The molecule has 1 fully saturated rings. The highest BCUT2D eigenvalue weighted by Gasteiger charge is 2.36. The van der Waals surface area contributed by atoms with Gasteiger partial charge in [0.1, 0.15) is 11.5 Å². The van der Waals surface area contributed by atoms with Crippen molar-refractivity contribution in [1.29, 1.82) is 0 Å². The molecular weight excluding hydrogens is 356 g/mol. The molecule has 2 aromatic rings. The Bertz CT molecular complexity index is 835. The largest absolute Gasteiger partial charge is 0.497 e. The average Bonchev–Trinajstić information content (AvgIpc) is 3.13. The molecule has 0 spiro atoms. The first-order valence-corrected chi connectivity index (χ1v) is 9.45. The lowest BCUT2D eigenvalue weighted by Gasteiger charge is -2.21. The van der Waals surface area contributed by atoms with Crippen molar-refractivity contribution in [2.75, 3.05) is 25.7 Å². The summed E-state index contributed by atoms with van der Waals surface area (Å²) in [6.07, 6.45) is 0.956. The van der Waals surface area contributed by atoms with Crippen LogP contribution in [0.2, 0.25) is 0 Å². The molecule has 0 saturated carbocycles. The van der Waals surface area contributed by atoms with Crippen molar-refractivity contribution in [1.82, 2.24) is 5.32 Å². The molecule has 2 unspecified atom stereocenters. The normalized spacial score (nSPS) is 17.3. The topological polar surface area (TPSA) is 67.9 Å². The molecular formula is C22H26N2O4. The molecule has 2 amide bonds. The minimum absolute atomic E-state index is 0.0675. The lowest BCUT2D eigenvalue weighted by molar-refractivity contribution is -0.127. The van der Waals surface area contributed by atoms with Crippen LogP contribution in [0, 0.1) is 5.92 Å². The fraction of sp³-hybridized carbons (Fsp3) is 0.364. The number of hydrogen-bond donors (Lipinski definition) is 1. The fourth-order valence-electron chi connectivity index (χ4n) is 3.52. The second kappa shape index (κ2) is 8.78. The van der Waals surface area contributed by atoms with Gasteiger partial charge in [-0.25, -0.2) is 0 Å². The van der Waals surface area contributed by atoms with Crippen LogP contribution < -0.4 is 19.7 Å². The zero-order chi connectivity index (χ0) is 20.1. The Morgan fingerprint density at radius 3 is 2.50 bits per heavy atom. The predicted octanol–water partition coefficient (Wildman–Crippen LogP) is 3.32. The Kier molecular flexibility index (Phi) is 6.19. The van der Waals surface area contributed by atoms with E-state index in [2.05, 4.69) is 5.32 Å². The Morgan fingerprint density at radius 2 is 1.86 bits per heavy atom. The van der Waals surface area contributed by atoms with Gasteiger partial charge < -0.3 is 19.7 Å². The Balaban J connectivity index is 1.69. The number of amides is 2. The zero-order valence-corrected chi connectivity index (χ0v) is 16.5. The summed E-state index contributed by atoms with van der Waals surface area (Å²) in [6, 6.07) is 14.9. The number of anilines is 1. The van der Waals surface area contributed by atoms with Gasteiger partial charge in [-0.3, -0.25) is 9.59 Å². The summed E-state index contributed by atoms with van der Waals surface area (Å²) in [6.45, 7) is 2.38. The van der Waals surface area contributed by atoms with E-state index in [9.17, 15) is 9.59 Å². The quantitative estimate of drug-likeness (QED) is 0.798. The zero-order valence-electron chi connectivity index (χ0n) is 16.5. The molecule has 1 aliphatic rings. The second-order valence-electron chi connectivity index (χ2n) is 6.82. The SMILES string of the molecule is CCC(NC(=O)C1CC(=O)N(c2ccccc2OC)C1)c1ccc(OC)cc1. The van der Waals surface area contributed by atoms with Gasteiger partial charge in [-0.2, -0.15) is 0 Å². The van der Waals surface area contributed by atoms with Gasteiger partial charge in [0, 0.05) is 13.0 Å². The van der Waals surface area contributed by atoms with E-state index < -0.39 is 0 Å². The van der Waals surface area contributed by atoms with E-state index >= 15 is 0 Å². The molecule has 6 heteroatoms. The van der Waals surface area contributed by atoms with E-state index in [0.29, 0.717) is 18.0 Å². The second-order valence-corrected chi connectivity index (χ2v) is 6.82. The third-order valence-electron chi connectivity index (χ3n) is 5.11. The summed E-state index contributed by atoms with van der Waals surface area (Å²) in [7, 11) is 3.20. The van der Waals surface area contributed by atoms with Crippen molar-refractivity contribution >= 4 is 17.5 Å². The van der Waals surface area contributed by atoms with Gasteiger partial charge in [-0.1, -0.05) is 31.2 Å². The van der Waals surface area contributed by atoms with Gasteiger partial charge in [-0.15, -0.1) is 0 Å². The Hall–Kier alpha value is -3.02. The van der Waals surface area contributed by atoms with Crippen LogP contribution in [0.1, 0.15) is 31.4 Å². The van der Waals surface area contributed by atoms with E-state index in [0.717, 1.165) is 17.7 Å². The van der Waals surface area contributed by atoms with Gasteiger partial charge in [0.15, 0.2) is 0 Å². The van der Waals surface area contributed by atoms with Crippen molar-refractivity contribution in [2.24, 2.45) is 5.92 Å². The van der Waals surface area contributed by atoms with Crippen LogP contribution >= 0.6 is 0 Å². The summed E-state index contributed by atoms with van der Waals surface area (Å²) in [5.41, 5.74) is 1.72. The minimum Gasteiger partial charge on any atom is -0.497 e. The van der Waals surface area contributed by atoms with Crippen molar-refractivity contribution in [3.8, 4) is 11.5 Å². The van der Waals surface area contributed by atoms with Gasteiger partial charge in [0.05, 0.1) is 31.9 Å². The number of benzene rings is 2. The molecule has 0 aliphatic carbocycles. The standard InChI is InChI=1S/C22H26N2O4/c1-4-18(15-9-11-17(27-2)12-10-15)23-22(26)16-13-21(25)24(14-16)19-7-5-6-8-20(19)28-3/h5-12,16,18H,4,13-14H2,1-3H3,(H,23,26). The molecule has 3 rings (SSSR count). The molecule has 2 atom stereocenters. The van der Waals surface area contributed by atoms with Crippen molar-refractivity contribution in [3.63, 3.8) is 0 Å². The van der Waals surface area contributed by atoms with Gasteiger partial charge in [-0.05, 0) is 36.2 Å². The maximum atomic E-state index is 12.8. The number of methoxy groups -OCH3 is 2. The highest BCUT2D eigenvalue weighted by atomic mass is 16.5. The summed E-state index contributed by atoms with van der Waals surface area (Å²) >= 11 is 0.